The first-order chi connectivity index (χ1) is 14.5. The van der Waals surface area contributed by atoms with E-state index in [-0.39, 0.29) is 22.5 Å². The van der Waals surface area contributed by atoms with E-state index in [4.69, 9.17) is 14.6 Å². The highest BCUT2D eigenvalue weighted by Crippen LogP contribution is 2.53. The SMILES string of the molecule is COc1cc2c(c(OC(C)C)c1/C=C/c1ccc(C(=O)O)cc1)C(C)(C)CCC2(C)C. The average Bonchev–Trinajstić information content (AvgIpc) is 2.69. The second-order valence-corrected chi connectivity index (χ2v) is 9.94. The number of carboxylic acid groups (broad SMARTS) is 1. The molecular formula is C27H34O4. The van der Waals surface area contributed by atoms with Crippen molar-refractivity contribution in [3.05, 3.63) is 58.1 Å². The van der Waals surface area contributed by atoms with Gasteiger partial charge in [0.25, 0.3) is 0 Å². The Morgan fingerprint density at radius 3 is 2.19 bits per heavy atom. The summed E-state index contributed by atoms with van der Waals surface area (Å²) in [4.78, 5) is 11.1. The number of benzene rings is 2. The van der Waals surface area contributed by atoms with Crippen LogP contribution in [0.15, 0.2) is 30.3 Å². The van der Waals surface area contributed by atoms with Crippen LogP contribution < -0.4 is 9.47 Å². The largest absolute Gasteiger partial charge is 0.496 e. The molecular weight excluding hydrogens is 388 g/mol. The predicted octanol–water partition coefficient (Wildman–Crippen LogP) is 6.70. The maximum absolute atomic E-state index is 11.1. The fraction of sp³-hybridized carbons (Fsp3) is 0.444. The van der Waals surface area contributed by atoms with Crippen LogP contribution in [0.4, 0.5) is 0 Å². The highest BCUT2D eigenvalue weighted by atomic mass is 16.5. The Kier molecular flexibility index (Phi) is 6.22. The minimum Gasteiger partial charge on any atom is -0.496 e. The highest BCUT2D eigenvalue weighted by molar-refractivity contribution is 5.88. The van der Waals surface area contributed by atoms with E-state index in [9.17, 15) is 4.79 Å². The molecule has 0 spiro atoms. The Bertz CT molecular complexity index is 995. The molecule has 0 heterocycles. The number of fused-ring (bicyclic) bond motifs is 1. The second kappa shape index (κ2) is 8.41. The van der Waals surface area contributed by atoms with Gasteiger partial charge in [0.05, 0.1) is 24.3 Å². The number of methoxy groups -OCH3 is 1. The van der Waals surface area contributed by atoms with E-state index in [0.29, 0.717) is 0 Å². The molecule has 0 saturated carbocycles. The Morgan fingerprint density at radius 1 is 1.03 bits per heavy atom. The number of aromatic carboxylic acids is 1. The van der Waals surface area contributed by atoms with Gasteiger partial charge in [-0.1, -0.05) is 45.9 Å². The maximum atomic E-state index is 11.1. The van der Waals surface area contributed by atoms with Crippen molar-refractivity contribution in [2.75, 3.05) is 7.11 Å². The molecule has 4 heteroatoms. The third kappa shape index (κ3) is 4.63. The molecule has 2 aromatic rings. The number of hydrogen-bond acceptors (Lipinski definition) is 3. The topological polar surface area (TPSA) is 55.8 Å². The van der Waals surface area contributed by atoms with Gasteiger partial charge in [-0.15, -0.1) is 0 Å². The maximum Gasteiger partial charge on any atom is 0.335 e. The molecule has 0 saturated heterocycles. The van der Waals surface area contributed by atoms with E-state index in [1.54, 1.807) is 31.4 Å². The van der Waals surface area contributed by atoms with Crippen molar-refractivity contribution in [3.63, 3.8) is 0 Å². The number of carboxylic acids is 1. The molecule has 31 heavy (non-hydrogen) atoms. The van der Waals surface area contributed by atoms with Crippen LogP contribution >= 0.6 is 0 Å². The zero-order chi connectivity index (χ0) is 23.0. The summed E-state index contributed by atoms with van der Waals surface area (Å²) in [7, 11) is 1.70. The number of carbonyl (C=O) groups is 1. The molecule has 1 aliphatic rings. The number of hydrogen-bond donors (Lipinski definition) is 1. The van der Waals surface area contributed by atoms with Crippen LogP contribution in [-0.2, 0) is 10.8 Å². The van der Waals surface area contributed by atoms with Crippen molar-refractivity contribution >= 4 is 18.1 Å². The monoisotopic (exact) mass is 422 g/mol. The summed E-state index contributed by atoms with van der Waals surface area (Å²) in [6.07, 6.45) is 6.23. The molecule has 0 unspecified atom stereocenters. The molecule has 1 N–H and O–H groups in total. The van der Waals surface area contributed by atoms with Crippen LogP contribution in [0.5, 0.6) is 11.5 Å². The summed E-state index contributed by atoms with van der Waals surface area (Å²) >= 11 is 0. The molecule has 0 amide bonds. The zero-order valence-electron chi connectivity index (χ0n) is 19.7. The van der Waals surface area contributed by atoms with Gasteiger partial charge in [-0.3, -0.25) is 0 Å². The quantitative estimate of drug-likeness (QED) is 0.526. The first-order valence-electron chi connectivity index (χ1n) is 10.9. The van der Waals surface area contributed by atoms with Crippen LogP contribution in [0.25, 0.3) is 12.2 Å². The molecule has 3 rings (SSSR count). The minimum atomic E-state index is -0.927. The van der Waals surface area contributed by atoms with Crippen molar-refractivity contribution in [2.45, 2.75) is 71.3 Å². The van der Waals surface area contributed by atoms with Crippen molar-refractivity contribution in [2.24, 2.45) is 0 Å². The van der Waals surface area contributed by atoms with Crippen molar-refractivity contribution in [3.8, 4) is 11.5 Å². The lowest BCUT2D eigenvalue weighted by Gasteiger charge is -2.43. The molecule has 0 bridgehead atoms. The Labute approximate surface area is 185 Å². The fourth-order valence-electron chi connectivity index (χ4n) is 4.34. The lowest BCUT2D eigenvalue weighted by molar-refractivity contribution is 0.0697. The average molecular weight is 423 g/mol. The normalized spacial score (nSPS) is 16.9. The Balaban J connectivity index is 2.20. The summed E-state index contributed by atoms with van der Waals surface area (Å²) in [5, 5.41) is 9.13. The molecule has 166 valence electrons. The lowest BCUT2D eigenvalue weighted by Crippen LogP contribution is -2.35. The van der Waals surface area contributed by atoms with E-state index in [1.165, 1.54) is 11.1 Å². The number of rotatable bonds is 6. The summed E-state index contributed by atoms with van der Waals surface area (Å²) < 4.78 is 12.3. The third-order valence-corrected chi connectivity index (χ3v) is 6.24. The van der Waals surface area contributed by atoms with Gasteiger partial charge in [0.15, 0.2) is 0 Å². The smallest absolute Gasteiger partial charge is 0.335 e. The molecule has 0 fully saturated rings. The fourth-order valence-corrected chi connectivity index (χ4v) is 4.34. The first-order valence-corrected chi connectivity index (χ1v) is 10.9. The molecule has 4 nitrogen and oxygen atoms in total. The predicted molar refractivity (Wildman–Crippen MR) is 126 cm³/mol. The molecule has 0 aromatic heterocycles. The number of ether oxygens (including phenoxy) is 2. The van der Waals surface area contributed by atoms with Gasteiger partial charge in [0.1, 0.15) is 11.5 Å². The second-order valence-electron chi connectivity index (χ2n) is 9.94. The van der Waals surface area contributed by atoms with Gasteiger partial charge in [-0.05, 0) is 72.9 Å². The summed E-state index contributed by atoms with van der Waals surface area (Å²) in [6.45, 7) is 13.3. The Hall–Kier alpha value is -2.75. The van der Waals surface area contributed by atoms with Gasteiger partial charge in [0.2, 0.25) is 0 Å². The van der Waals surface area contributed by atoms with Crippen molar-refractivity contribution in [1.29, 1.82) is 0 Å². The summed E-state index contributed by atoms with van der Waals surface area (Å²) in [5.74, 6) is 0.753. The van der Waals surface area contributed by atoms with E-state index < -0.39 is 5.97 Å². The standard InChI is InChI=1S/C27H34O4/c1-17(2)31-24-20(13-10-18-8-11-19(12-9-18)25(28)29)22(30-7)16-21-23(24)27(5,6)15-14-26(21,3)4/h8-13,16-17H,14-15H2,1-7H3,(H,28,29)/b13-10+. The van der Waals surface area contributed by atoms with Gasteiger partial charge in [0, 0.05) is 5.56 Å². The van der Waals surface area contributed by atoms with Crippen LogP contribution in [-0.4, -0.2) is 24.3 Å². The third-order valence-electron chi connectivity index (χ3n) is 6.24. The van der Waals surface area contributed by atoms with Crippen LogP contribution in [0, 0.1) is 0 Å². The Morgan fingerprint density at radius 2 is 1.65 bits per heavy atom. The molecule has 0 aliphatic heterocycles. The van der Waals surface area contributed by atoms with Gasteiger partial charge >= 0.3 is 5.97 Å². The van der Waals surface area contributed by atoms with Crippen LogP contribution in [0.2, 0.25) is 0 Å². The highest BCUT2D eigenvalue weighted by Gasteiger charge is 2.41. The first kappa shape index (κ1) is 22.9. The molecule has 0 atom stereocenters. The molecule has 1 aliphatic carbocycles. The van der Waals surface area contributed by atoms with Crippen molar-refractivity contribution in [1.82, 2.24) is 0 Å². The van der Waals surface area contributed by atoms with E-state index in [0.717, 1.165) is 35.5 Å². The minimum absolute atomic E-state index is 0.00687. The van der Waals surface area contributed by atoms with E-state index >= 15 is 0 Å². The van der Waals surface area contributed by atoms with E-state index in [2.05, 4.69) is 33.8 Å². The van der Waals surface area contributed by atoms with Crippen LogP contribution in [0.1, 0.15) is 87.0 Å². The molecule has 0 radical (unpaired) electrons. The zero-order valence-corrected chi connectivity index (χ0v) is 19.7. The van der Waals surface area contributed by atoms with Gasteiger partial charge in [-0.25, -0.2) is 4.79 Å². The van der Waals surface area contributed by atoms with Gasteiger partial charge < -0.3 is 14.6 Å². The lowest BCUT2D eigenvalue weighted by atomic mass is 9.62. The van der Waals surface area contributed by atoms with Crippen molar-refractivity contribution < 1.29 is 19.4 Å². The van der Waals surface area contributed by atoms with Crippen LogP contribution in [0.3, 0.4) is 0 Å². The summed E-state index contributed by atoms with van der Waals surface area (Å²) in [5.41, 5.74) is 4.70. The molecule has 2 aromatic carbocycles. The van der Waals surface area contributed by atoms with E-state index in [1.807, 2.05) is 26.0 Å². The van der Waals surface area contributed by atoms with Gasteiger partial charge in [-0.2, -0.15) is 0 Å². The summed E-state index contributed by atoms with van der Waals surface area (Å²) in [6, 6.07) is 9.02.